The van der Waals surface area contributed by atoms with Crippen molar-refractivity contribution in [3.8, 4) is 0 Å². The normalized spacial score (nSPS) is 18.6. The highest BCUT2D eigenvalue weighted by molar-refractivity contribution is 5.97. The van der Waals surface area contributed by atoms with Gasteiger partial charge in [0.15, 0.2) is 0 Å². The number of hydrogen-bond donors (Lipinski definition) is 0. The van der Waals surface area contributed by atoms with Gasteiger partial charge in [-0.05, 0) is 24.6 Å². The van der Waals surface area contributed by atoms with Gasteiger partial charge in [-0.3, -0.25) is 9.59 Å². The van der Waals surface area contributed by atoms with Crippen molar-refractivity contribution >= 4 is 16.8 Å². The van der Waals surface area contributed by atoms with Gasteiger partial charge in [-0.2, -0.15) is 0 Å². The molecule has 6 heteroatoms. The fraction of sp³-hybridized carbons (Fsp3) is 0.438. The molecule has 0 aliphatic carbocycles. The van der Waals surface area contributed by atoms with Gasteiger partial charge in [0.1, 0.15) is 0 Å². The molecule has 1 aromatic carbocycles. The molecule has 2 heterocycles. The lowest BCUT2D eigenvalue weighted by Crippen LogP contribution is -2.48. The molecule has 1 amide bonds. The Morgan fingerprint density at radius 3 is 3.05 bits per heavy atom. The van der Waals surface area contributed by atoms with E-state index in [1.54, 1.807) is 25.2 Å². The number of nitrogens with zero attached hydrogens (tertiary/aromatic N) is 3. The van der Waals surface area contributed by atoms with Crippen LogP contribution in [0.1, 0.15) is 23.7 Å². The SMILES string of the molecule is CC[C@H]1COCCN1C(=O)c1ccc2c(=O)n(C)cnc2c1. The second-order valence-electron chi connectivity index (χ2n) is 5.53. The van der Waals surface area contributed by atoms with E-state index in [1.165, 1.54) is 10.9 Å². The molecular formula is C16H19N3O3. The van der Waals surface area contributed by atoms with E-state index in [4.69, 9.17) is 4.74 Å². The minimum atomic E-state index is -0.109. The lowest BCUT2D eigenvalue weighted by Gasteiger charge is -2.35. The second-order valence-corrected chi connectivity index (χ2v) is 5.53. The number of benzene rings is 1. The van der Waals surface area contributed by atoms with Crippen LogP contribution in [0.15, 0.2) is 29.3 Å². The third-order valence-electron chi connectivity index (χ3n) is 4.13. The van der Waals surface area contributed by atoms with E-state index in [2.05, 4.69) is 4.98 Å². The molecule has 1 aliphatic heterocycles. The lowest BCUT2D eigenvalue weighted by molar-refractivity contribution is -0.00279. The van der Waals surface area contributed by atoms with E-state index in [-0.39, 0.29) is 17.5 Å². The van der Waals surface area contributed by atoms with Crippen LogP contribution in [0.5, 0.6) is 0 Å². The summed E-state index contributed by atoms with van der Waals surface area (Å²) in [5.41, 5.74) is 1.01. The summed E-state index contributed by atoms with van der Waals surface area (Å²) in [6, 6.07) is 5.18. The number of hydrogen-bond acceptors (Lipinski definition) is 4. The summed E-state index contributed by atoms with van der Waals surface area (Å²) in [7, 11) is 1.66. The first-order chi connectivity index (χ1) is 10.6. The zero-order valence-electron chi connectivity index (χ0n) is 12.8. The number of aromatic nitrogens is 2. The standard InChI is InChI=1S/C16H19N3O3/c1-3-12-9-22-7-6-19(12)15(20)11-4-5-13-14(8-11)17-10-18(2)16(13)21/h4-5,8,10,12H,3,6-7,9H2,1-2H3/t12-/m0/s1. The summed E-state index contributed by atoms with van der Waals surface area (Å²) in [5, 5.41) is 0.524. The summed E-state index contributed by atoms with van der Waals surface area (Å²) < 4.78 is 6.87. The number of carbonyl (C=O) groups is 1. The Morgan fingerprint density at radius 1 is 1.45 bits per heavy atom. The van der Waals surface area contributed by atoms with Crippen LogP contribution in [0.2, 0.25) is 0 Å². The highest BCUT2D eigenvalue weighted by Gasteiger charge is 2.26. The van der Waals surface area contributed by atoms with Gasteiger partial charge in [-0.25, -0.2) is 4.98 Å². The Balaban J connectivity index is 1.97. The number of rotatable bonds is 2. The molecule has 1 saturated heterocycles. The maximum Gasteiger partial charge on any atom is 0.260 e. The Hall–Kier alpha value is -2.21. The largest absolute Gasteiger partial charge is 0.377 e. The molecule has 2 aromatic rings. The second kappa shape index (κ2) is 5.88. The molecule has 116 valence electrons. The monoisotopic (exact) mass is 301 g/mol. The first-order valence-electron chi connectivity index (χ1n) is 7.46. The fourth-order valence-corrected chi connectivity index (χ4v) is 2.77. The fourth-order valence-electron chi connectivity index (χ4n) is 2.77. The first kappa shape index (κ1) is 14.7. The smallest absolute Gasteiger partial charge is 0.260 e. The minimum Gasteiger partial charge on any atom is -0.377 e. The van der Waals surface area contributed by atoms with Gasteiger partial charge in [-0.1, -0.05) is 6.92 Å². The quantitative estimate of drug-likeness (QED) is 0.835. The van der Waals surface area contributed by atoms with Crippen molar-refractivity contribution in [2.24, 2.45) is 7.05 Å². The molecule has 1 aliphatic rings. The summed E-state index contributed by atoms with van der Waals surface area (Å²) in [5.74, 6) is -0.0282. The van der Waals surface area contributed by atoms with Crippen LogP contribution in [-0.2, 0) is 11.8 Å². The van der Waals surface area contributed by atoms with Gasteiger partial charge in [0.05, 0.1) is 36.5 Å². The van der Waals surface area contributed by atoms with E-state index >= 15 is 0 Å². The zero-order chi connectivity index (χ0) is 15.7. The van der Waals surface area contributed by atoms with Crippen molar-refractivity contribution in [2.75, 3.05) is 19.8 Å². The summed E-state index contributed by atoms with van der Waals surface area (Å²) in [6.07, 6.45) is 2.33. The number of morpholine rings is 1. The molecule has 1 fully saturated rings. The van der Waals surface area contributed by atoms with Crippen molar-refractivity contribution in [1.29, 1.82) is 0 Å². The predicted molar refractivity (Wildman–Crippen MR) is 82.9 cm³/mol. The molecule has 1 atom stereocenters. The van der Waals surface area contributed by atoms with E-state index in [9.17, 15) is 9.59 Å². The molecule has 0 radical (unpaired) electrons. The molecule has 22 heavy (non-hydrogen) atoms. The maximum absolute atomic E-state index is 12.7. The minimum absolute atomic E-state index is 0.0282. The van der Waals surface area contributed by atoms with Crippen molar-refractivity contribution in [1.82, 2.24) is 14.5 Å². The number of amides is 1. The number of aryl methyl sites for hydroxylation is 1. The van der Waals surface area contributed by atoms with E-state index in [0.29, 0.717) is 36.2 Å². The van der Waals surface area contributed by atoms with Crippen LogP contribution in [0.25, 0.3) is 10.9 Å². The summed E-state index contributed by atoms with van der Waals surface area (Å²) in [6.45, 7) is 3.79. The number of fused-ring (bicyclic) bond motifs is 1. The van der Waals surface area contributed by atoms with Crippen molar-refractivity contribution in [2.45, 2.75) is 19.4 Å². The first-order valence-corrected chi connectivity index (χ1v) is 7.46. The van der Waals surface area contributed by atoms with Crippen molar-refractivity contribution < 1.29 is 9.53 Å². The van der Waals surface area contributed by atoms with Gasteiger partial charge in [0.2, 0.25) is 0 Å². The van der Waals surface area contributed by atoms with Crippen LogP contribution >= 0.6 is 0 Å². The van der Waals surface area contributed by atoms with Crippen molar-refractivity contribution in [3.63, 3.8) is 0 Å². The average molecular weight is 301 g/mol. The van der Waals surface area contributed by atoms with Gasteiger partial charge in [0, 0.05) is 19.2 Å². The molecular weight excluding hydrogens is 282 g/mol. The third kappa shape index (κ3) is 2.50. The average Bonchev–Trinajstić information content (AvgIpc) is 2.57. The van der Waals surface area contributed by atoms with Crippen LogP contribution in [-0.4, -0.2) is 46.2 Å². The van der Waals surface area contributed by atoms with Crippen LogP contribution in [0.4, 0.5) is 0 Å². The Morgan fingerprint density at radius 2 is 2.27 bits per heavy atom. The van der Waals surface area contributed by atoms with Crippen LogP contribution < -0.4 is 5.56 Å². The molecule has 0 N–H and O–H groups in total. The molecule has 0 bridgehead atoms. The van der Waals surface area contributed by atoms with E-state index in [1.807, 2.05) is 11.8 Å². The van der Waals surface area contributed by atoms with Crippen LogP contribution in [0, 0.1) is 0 Å². The van der Waals surface area contributed by atoms with E-state index in [0.717, 1.165) is 6.42 Å². The molecule has 6 nitrogen and oxygen atoms in total. The number of ether oxygens (including phenoxy) is 1. The van der Waals surface area contributed by atoms with Gasteiger partial charge in [0.25, 0.3) is 11.5 Å². The maximum atomic E-state index is 12.7. The molecule has 0 spiro atoms. The Kier molecular flexibility index (Phi) is 3.94. The summed E-state index contributed by atoms with van der Waals surface area (Å²) in [4.78, 5) is 30.8. The lowest BCUT2D eigenvalue weighted by atomic mass is 10.1. The third-order valence-corrected chi connectivity index (χ3v) is 4.13. The highest BCUT2D eigenvalue weighted by Crippen LogP contribution is 2.17. The van der Waals surface area contributed by atoms with Crippen molar-refractivity contribution in [3.05, 3.63) is 40.4 Å². The van der Waals surface area contributed by atoms with Gasteiger partial charge >= 0.3 is 0 Å². The Bertz CT molecular complexity index is 769. The van der Waals surface area contributed by atoms with Gasteiger partial charge < -0.3 is 14.2 Å². The summed E-state index contributed by atoms with van der Waals surface area (Å²) >= 11 is 0. The van der Waals surface area contributed by atoms with E-state index < -0.39 is 0 Å². The number of carbonyl (C=O) groups excluding carboxylic acids is 1. The topological polar surface area (TPSA) is 64.4 Å². The molecule has 0 unspecified atom stereocenters. The highest BCUT2D eigenvalue weighted by atomic mass is 16.5. The Labute approximate surface area is 128 Å². The molecule has 3 rings (SSSR count). The van der Waals surface area contributed by atoms with Crippen LogP contribution in [0.3, 0.4) is 0 Å². The zero-order valence-corrected chi connectivity index (χ0v) is 12.8. The molecule has 1 aromatic heterocycles. The van der Waals surface area contributed by atoms with Gasteiger partial charge in [-0.15, -0.1) is 0 Å². The molecule has 0 saturated carbocycles. The predicted octanol–water partition coefficient (Wildman–Crippen LogP) is 1.18.